The molecule has 0 saturated carbocycles. The third kappa shape index (κ3) is 26.6. The summed E-state index contributed by atoms with van der Waals surface area (Å²) in [6, 6.07) is 0. The Morgan fingerprint density at radius 1 is 1.40 bits per heavy atom. The second-order valence-corrected chi connectivity index (χ2v) is 1.22. The molecule has 64 valence electrons. The van der Waals surface area contributed by atoms with Crippen LogP contribution in [0.15, 0.2) is 0 Å². The Bertz CT molecular complexity index is 68.3. The molecule has 8 N–H and O–H groups in total. The largest absolute Gasteiger partial charge is 0.481 e. The molecule has 0 aromatic rings. The lowest BCUT2D eigenvalue weighted by Crippen LogP contribution is -2.02. The second kappa shape index (κ2) is 15.7. The van der Waals surface area contributed by atoms with E-state index in [-0.39, 0.29) is 18.5 Å². The molecule has 0 aromatic heterocycles. The molecular formula is C4H14N2O4. The van der Waals surface area contributed by atoms with E-state index < -0.39 is 5.97 Å². The molecular weight excluding hydrogens is 140 g/mol. The molecule has 0 heterocycles. The van der Waals surface area contributed by atoms with E-state index >= 15 is 0 Å². The molecule has 0 unspecified atom stereocenters. The highest BCUT2D eigenvalue weighted by atomic mass is 16.4. The van der Waals surface area contributed by atoms with Crippen molar-refractivity contribution in [1.82, 2.24) is 0 Å². The first-order valence-electron chi connectivity index (χ1n) is 2.43. The van der Waals surface area contributed by atoms with Crippen LogP contribution in [0.5, 0.6) is 0 Å². The van der Waals surface area contributed by atoms with Crippen molar-refractivity contribution in [2.75, 3.05) is 6.61 Å². The van der Waals surface area contributed by atoms with Gasteiger partial charge in [-0.3, -0.25) is 16.5 Å². The normalized spacial score (nSPS) is 6.70. The number of rotatable bonds is 3. The SMILES string of the molecule is NN.O.O=C(O)CCCO. The van der Waals surface area contributed by atoms with E-state index in [0.29, 0.717) is 6.42 Å². The monoisotopic (exact) mass is 154 g/mol. The van der Waals surface area contributed by atoms with Crippen molar-refractivity contribution in [1.29, 1.82) is 0 Å². The van der Waals surface area contributed by atoms with Crippen molar-refractivity contribution in [3.05, 3.63) is 0 Å². The molecule has 0 aliphatic heterocycles. The molecule has 6 nitrogen and oxygen atoms in total. The number of aliphatic carboxylic acids is 1. The van der Waals surface area contributed by atoms with Crippen molar-refractivity contribution in [2.24, 2.45) is 11.7 Å². The Balaban J connectivity index is -0.000000149. The zero-order chi connectivity index (χ0) is 7.70. The van der Waals surface area contributed by atoms with Crippen LogP contribution in [0.1, 0.15) is 12.8 Å². The van der Waals surface area contributed by atoms with Crippen LogP contribution in [0.25, 0.3) is 0 Å². The maximum Gasteiger partial charge on any atom is 0.303 e. The Morgan fingerprint density at radius 3 is 1.90 bits per heavy atom. The van der Waals surface area contributed by atoms with Gasteiger partial charge in [-0.1, -0.05) is 0 Å². The fourth-order valence-corrected chi connectivity index (χ4v) is 0.230. The van der Waals surface area contributed by atoms with Gasteiger partial charge >= 0.3 is 5.97 Å². The number of aliphatic hydroxyl groups is 1. The lowest BCUT2D eigenvalue weighted by atomic mass is 10.3. The quantitative estimate of drug-likeness (QED) is 0.270. The lowest BCUT2D eigenvalue weighted by molar-refractivity contribution is -0.137. The summed E-state index contributed by atoms with van der Waals surface area (Å²) in [5, 5.41) is 16.0. The van der Waals surface area contributed by atoms with Gasteiger partial charge in [-0.25, -0.2) is 0 Å². The molecule has 0 saturated heterocycles. The maximum absolute atomic E-state index is 9.65. The summed E-state index contributed by atoms with van der Waals surface area (Å²) in [4.78, 5) is 9.65. The van der Waals surface area contributed by atoms with Crippen molar-refractivity contribution in [2.45, 2.75) is 12.8 Å². The van der Waals surface area contributed by atoms with Gasteiger partial charge < -0.3 is 15.7 Å². The van der Waals surface area contributed by atoms with Crippen molar-refractivity contribution in [3.63, 3.8) is 0 Å². The molecule has 6 heteroatoms. The number of carboxylic acid groups (broad SMARTS) is 1. The molecule has 10 heavy (non-hydrogen) atoms. The summed E-state index contributed by atoms with van der Waals surface area (Å²) in [6.07, 6.45) is 0.422. The standard InChI is InChI=1S/C4H8O3.H4N2.H2O/c5-3-1-2-4(6)7;1-2;/h5H,1-3H2,(H,6,7);1-2H2;1H2. The molecule has 0 bridgehead atoms. The minimum absolute atomic E-state index is 0. The summed E-state index contributed by atoms with van der Waals surface area (Å²) >= 11 is 0. The number of carboxylic acids is 1. The third-order valence-electron chi connectivity index (χ3n) is 0.549. The van der Waals surface area contributed by atoms with Gasteiger partial charge in [0.1, 0.15) is 0 Å². The molecule has 0 aliphatic carbocycles. The van der Waals surface area contributed by atoms with E-state index in [2.05, 4.69) is 11.7 Å². The second-order valence-electron chi connectivity index (χ2n) is 1.22. The van der Waals surface area contributed by atoms with Crippen molar-refractivity contribution < 1.29 is 20.5 Å². The Morgan fingerprint density at radius 2 is 1.80 bits per heavy atom. The van der Waals surface area contributed by atoms with Crippen LogP contribution in [0.4, 0.5) is 0 Å². The molecule has 0 aromatic carbocycles. The van der Waals surface area contributed by atoms with Crippen molar-refractivity contribution >= 4 is 5.97 Å². The molecule has 0 amide bonds. The van der Waals surface area contributed by atoms with Gasteiger partial charge in [-0.2, -0.15) is 0 Å². The van der Waals surface area contributed by atoms with Crippen LogP contribution in [0.3, 0.4) is 0 Å². The first-order valence-corrected chi connectivity index (χ1v) is 2.43. The third-order valence-corrected chi connectivity index (χ3v) is 0.549. The topological polar surface area (TPSA) is 141 Å². The summed E-state index contributed by atoms with van der Waals surface area (Å²) in [7, 11) is 0. The Hall–Kier alpha value is -0.690. The molecule has 0 spiro atoms. The van der Waals surface area contributed by atoms with Crippen LogP contribution in [0, 0.1) is 0 Å². The van der Waals surface area contributed by atoms with E-state index in [0.717, 1.165) is 0 Å². The minimum Gasteiger partial charge on any atom is -0.481 e. The average Bonchev–Trinajstić information content (AvgIpc) is 1.88. The fraction of sp³-hybridized carbons (Fsp3) is 0.750. The molecule has 0 rings (SSSR count). The van der Waals surface area contributed by atoms with E-state index in [1.807, 2.05) is 0 Å². The summed E-state index contributed by atoms with van der Waals surface area (Å²) in [6.45, 7) is -0.0354. The van der Waals surface area contributed by atoms with Gasteiger partial charge in [0.25, 0.3) is 0 Å². The highest BCUT2D eigenvalue weighted by Crippen LogP contribution is 1.83. The van der Waals surface area contributed by atoms with Gasteiger partial charge in [0.05, 0.1) is 0 Å². The van der Waals surface area contributed by atoms with Crippen LogP contribution in [0.2, 0.25) is 0 Å². The van der Waals surface area contributed by atoms with Gasteiger partial charge in [0.15, 0.2) is 0 Å². The lowest BCUT2D eigenvalue weighted by Gasteiger charge is -1.85. The van der Waals surface area contributed by atoms with E-state index in [4.69, 9.17) is 10.2 Å². The number of hydrogen-bond acceptors (Lipinski definition) is 4. The Labute approximate surface area is 58.7 Å². The summed E-state index contributed by atoms with van der Waals surface area (Å²) in [5.41, 5.74) is 0. The molecule has 0 radical (unpaired) electrons. The van der Waals surface area contributed by atoms with E-state index in [1.54, 1.807) is 0 Å². The maximum atomic E-state index is 9.65. The van der Waals surface area contributed by atoms with Crippen LogP contribution in [-0.4, -0.2) is 28.3 Å². The predicted molar refractivity (Wildman–Crippen MR) is 35.9 cm³/mol. The number of aliphatic hydroxyl groups excluding tert-OH is 1. The van der Waals surface area contributed by atoms with Crippen LogP contribution < -0.4 is 11.7 Å². The zero-order valence-electron chi connectivity index (χ0n) is 5.58. The number of hydrazine groups is 1. The average molecular weight is 154 g/mol. The first kappa shape index (κ1) is 16.1. The Kier molecular flexibility index (Phi) is 25.4. The fourth-order valence-electron chi connectivity index (χ4n) is 0.230. The summed E-state index contributed by atoms with van der Waals surface area (Å²) in [5.74, 6) is 7.15. The van der Waals surface area contributed by atoms with Gasteiger partial charge in [0, 0.05) is 13.0 Å². The predicted octanol–water partition coefficient (Wildman–Crippen LogP) is -2.16. The van der Waals surface area contributed by atoms with Gasteiger partial charge in [0.2, 0.25) is 0 Å². The number of nitrogens with two attached hydrogens (primary N) is 2. The number of carbonyl (C=O) groups is 1. The van der Waals surface area contributed by atoms with E-state index in [9.17, 15) is 4.79 Å². The van der Waals surface area contributed by atoms with Gasteiger partial charge in [-0.05, 0) is 6.42 Å². The van der Waals surface area contributed by atoms with Crippen LogP contribution in [-0.2, 0) is 4.79 Å². The van der Waals surface area contributed by atoms with Crippen LogP contribution >= 0.6 is 0 Å². The van der Waals surface area contributed by atoms with Gasteiger partial charge in [-0.15, -0.1) is 0 Å². The smallest absolute Gasteiger partial charge is 0.303 e. The number of hydrogen-bond donors (Lipinski definition) is 4. The molecule has 0 aliphatic rings. The van der Waals surface area contributed by atoms with E-state index in [1.165, 1.54) is 0 Å². The highest BCUT2D eigenvalue weighted by molar-refractivity contribution is 5.66. The van der Waals surface area contributed by atoms with Crippen molar-refractivity contribution in [3.8, 4) is 0 Å². The zero-order valence-corrected chi connectivity index (χ0v) is 5.58. The summed E-state index contributed by atoms with van der Waals surface area (Å²) < 4.78 is 0. The molecule has 0 fully saturated rings. The highest BCUT2D eigenvalue weighted by Gasteiger charge is 1.91. The molecule has 0 atom stereocenters. The first-order chi connectivity index (χ1) is 4.27. The minimum atomic E-state index is -0.853.